The number of anilines is 2. The largest absolute Gasteiger partial charge is 0.326 e. The smallest absolute Gasteiger partial charge is 0.226 e. The summed E-state index contributed by atoms with van der Waals surface area (Å²) >= 11 is 1.88. The number of carbonyl (C=O) groups is 2. The molecule has 1 atom stereocenters. The molecule has 1 aromatic rings. The highest BCUT2D eigenvalue weighted by molar-refractivity contribution is 7.99. The van der Waals surface area contributed by atoms with Crippen molar-refractivity contribution in [3.05, 3.63) is 23.8 Å². The Hall–Kier alpha value is -1.53. The molecule has 1 aliphatic heterocycles. The highest BCUT2D eigenvalue weighted by Crippen LogP contribution is 2.21. The molecule has 6 heteroatoms. The number of thioether (sulfide) groups is 1. The highest BCUT2D eigenvalue weighted by Gasteiger charge is 2.17. The molecule has 1 heterocycles. The fourth-order valence-corrected chi connectivity index (χ4v) is 3.25. The minimum Gasteiger partial charge on any atom is -0.326 e. The normalized spacial score (nSPS) is 17.8. The maximum absolute atomic E-state index is 12.2. The zero-order chi connectivity index (χ0) is 16.8. The topological polar surface area (TPSA) is 70.2 Å². The summed E-state index contributed by atoms with van der Waals surface area (Å²) in [4.78, 5) is 24.0. The number of hydrogen-bond donors (Lipinski definition) is 3. The van der Waals surface area contributed by atoms with E-state index in [1.807, 2.05) is 50.7 Å². The monoisotopic (exact) mass is 335 g/mol. The Morgan fingerprint density at radius 3 is 2.78 bits per heavy atom. The van der Waals surface area contributed by atoms with Crippen LogP contribution in [0.4, 0.5) is 11.4 Å². The predicted octanol–water partition coefficient (Wildman–Crippen LogP) is 2.62. The van der Waals surface area contributed by atoms with Gasteiger partial charge in [-0.15, -0.1) is 0 Å². The first-order valence-corrected chi connectivity index (χ1v) is 9.13. The van der Waals surface area contributed by atoms with Crippen LogP contribution in [0.5, 0.6) is 0 Å². The molecule has 0 radical (unpaired) electrons. The second-order valence-electron chi connectivity index (χ2n) is 6.15. The third kappa shape index (κ3) is 5.55. The van der Waals surface area contributed by atoms with Gasteiger partial charge in [-0.25, -0.2) is 0 Å². The van der Waals surface area contributed by atoms with Crippen LogP contribution in [0.3, 0.4) is 0 Å². The third-order valence-electron chi connectivity index (χ3n) is 3.73. The Morgan fingerprint density at radius 2 is 2.13 bits per heavy atom. The molecule has 2 rings (SSSR count). The van der Waals surface area contributed by atoms with E-state index in [9.17, 15) is 9.59 Å². The molecule has 23 heavy (non-hydrogen) atoms. The van der Waals surface area contributed by atoms with Gasteiger partial charge in [0, 0.05) is 47.8 Å². The van der Waals surface area contributed by atoms with Crippen molar-refractivity contribution in [1.29, 1.82) is 0 Å². The van der Waals surface area contributed by atoms with Crippen molar-refractivity contribution in [3.63, 3.8) is 0 Å². The Bertz CT molecular complexity index is 569. The zero-order valence-corrected chi connectivity index (χ0v) is 14.8. The number of aryl methyl sites for hydroxylation is 1. The van der Waals surface area contributed by atoms with Gasteiger partial charge in [-0.1, -0.05) is 19.9 Å². The molecule has 1 saturated heterocycles. The Kier molecular flexibility index (Phi) is 6.47. The van der Waals surface area contributed by atoms with E-state index in [4.69, 9.17) is 0 Å². The minimum atomic E-state index is -0.0794. The van der Waals surface area contributed by atoms with Crippen molar-refractivity contribution in [2.75, 3.05) is 28.7 Å². The van der Waals surface area contributed by atoms with E-state index >= 15 is 0 Å². The van der Waals surface area contributed by atoms with Crippen LogP contribution in [-0.2, 0) is 9.59 Å². The number of benzene rings is 1. The number of rotatable bonds is 5. The fourth-order valence-electron chi connectivity index (χ4n) is 2.30. The van der Waals surface area contributed by atoms with Crippen molar-refractivity contribution in [2.24, 2.45) is 5.92 Å². The van der Waals surface area contributed by atoms with Crippen molar-refractivity contribution >= 4 is 35.0 Å². The molecule has 0 spiro atoms. The summed E-state index contributed by atoms with van der Waals surface area (Å²) in [6.45, 7) is 6.60. The van der Waals surface area contributed by atoms with Gasteiger partial charge in [0.25, 0.3) is 0 Å². The molecule has 5 nitrogen and oxygen atoms in total. The van der Waals surface area contributed by atoms with E-state index in [0.717, 1.165) is 29.3 Å². The van der Waals surface area contributed by atoms with Gasteiger partial charge in [-0.2, -0.15) is 11.8 Å². The van der Waals surface area contributed by atoms with E-state index in [2.05, 4.69) is 16.0 Å². The molecule has 0 bridgehead atoms. The van der Waals surface area contributed by atoms with E-state index in [1.165, 1.54) is 0 Å². The fraction of sp³-hybridized carbons (Fsp3) is 0.529. The maximum atomic E-state index is 12.2. The van der Waals surface area contributed by atoms with Gasteiger partial charge in [0.2, 0.25) is 11.8 Å². The van der Waals surface area contributed by atoms with Gasteiger partial charge < -0.3 is 16.0 Å². The molecule has 3 N–H and O–H groups in total. The van der Waals surface area contributed by atoms with Crippen LogP contribution < -0.4 is 16.0 Å². The van der Waals surface area contributed by atoms with Crippen LogP contribution >= 0.6 is 11.8 Å². The van der Waals surface area contributed by atoms with Crippen LogP contribution in [0, 0.1) is 12.8 Å². The predicted molar refractivity (Wildman–Crippen MR) is 97.0 cm³/mol. The molecule has 0 saturated carbocycles. The average molecular weight is 335 g/mol. The summed E-state index contributed by atoms with van der Waals surface area (Å²) in [5.74, 6) is 1.96. The molecule has 1 aromatic carbocycles. The number of carbonyl (C=O) groups excluding carboxylic acids is 2. The van der Waals surface area contributed by atoms with Gasteiger partial charge in [-0.3, -0.25) is 9.59 Å². The molecule has 1 aliphatic rings. The quantitative estimate of drug-likeness (QED) is 0.774. The molecule has 0 aromatic heterocycles. The summed E-state index contributed by atoms with van der Waals surface area (Å²) in [6.07, 6.45) is 0.467. The summed E-state index contributed by atoms with van der Waals surface area (Å²) in [5.41, 5.74) is 2.43. The lowest BCUT2D eigenvalue weighted by molar-refractivity contribution is -0.119. The van der Waals surface area contributed by atoms with Crippen LogP contribution in [0.2, 0.25) is 0 Å². The summed E-state index contributed by atoms with van der Waals surface area (Å²) in [7, 11) is 0. The SMILES string of the molecule is Cc1ccc(NC(=O)C(C)C)cc1NC(=O)CC1CSCCN1. The number of hydrogen-bond acceptors (Lipinski definition) is 4. The Morgan fingerprint density at radius 1 is 1.35 bits per heavy atom. The zero-order valence-electron chi connectivity index (χ0n) is 13.9. The van der Waals surface area contributed by atoms with Crippen LogP contribution in [0.15, 0.2) is 18.2 Å². The van der Waals surface area contributed by atoms with Gasteiger partial charge in [0.1, 0.15) is 0 Å². The lowest BCUT2D eigenvalue weighted by Crippen LogP contribution is -2.39. The standard InChI is InChI=1S/C17H25N3O2S/c1-11(2)17(22)19-13-5-4-12(3)15(8-13)20-16(21)9-14-10-23-7-6-18-14/h4-5,8,11,14,18H,6-7,9-10H2,1-3H3,(H,19,22)(H,20,21). The van der Waals surface area contributed by atoms with Crippen molar-refractivity contribution in [2.45, 2.75) is 33.2 Å². The van der Waals surface area contributed by atoms with Gasteiger partial charge in [0.15, 0.2) is 0 Å². The Balaban J connectivity index is 1.97. The lowest BCUT2D eigenvalue weighted by Gasteiger charge is -2.22. The van der Waals surface area contributed by atoms with Crippen molar-refractivity contribution in [1.82, 2.24) is 5.32 Å². The first-order valence-electron chi connectivity index (χ1n) is 7.98. The molecule has 0 aliphatic carbocycles. The second kappa shape index (κ2) is 8.36. The van der Waals surface area contributed by atoms with Gasteiger partial charge in [0.05, 0.1) is 0 Å². The average Bonchev–Trinajstić information content (AvgIpc) is 2.51. The van der Waals surface area contributed by atoms with E-state index in [0.29, 0.717) is 12.1 Å². The minimum absolute atomic E-state index is 0.000404. The van der Waals surface area contributed by atoms with E-state index < -0.39 is 0 Å². The van der Waals surface area contributed by atoms with Crippen molar-refractivity contribution < 1.29 is 9.59 Å². The first kappa shape index (κ1) is 17.8. The third-order valence-corrected chi connectivity index (χ3v) is 4.86. The summed E-state index contributed by atoms with van der Waals surface area (Å²) in [6, 6.07) is 5.81. The van der Waals surface area contributed by atoms with Gasteiger partial charge in [-0.05, 0) is 24.6 Å². The summed E-state index contributed by atoms with van der Waals surface area (Å²) in [5, 5.41) is 9.18. The molecule has 126 valence electrons. The second-order valence-corrected chi connectivity index (χ2v) is 7.30. The molecule has 1 unspecified atom stereocenters. The molecule has 1 fully saturated rings. The van der Waals surface area contributed by atoms with Crippen LogP contribution in [0.1, 0.15) is 25.8 Å². The molecule has 2 amide bonds. The van der Waals surface area contributed by atoms with Crippen molar-refractivity contribution in [3.8, 4) is 0 Å². The Labute approximate surface area is 142 Å². The van der Waals surface area contributed by atoms with Crippen LogP contribution in [-0.4, -0.2) is 35.9 Å². The van der Waals surface area contributed by atoms with Gasteiger partial charge >= 0.3 is 0 Å². The number of nitrogens with one attached hydrogen (secondary N) is 3. The van der Waals surface area contributed by atoms with E-state index in [1.54, 1.807) is 0 Å². The first-order chi connectivity index (χ1) is 11.0. The molecular weight excluding hydrogens is 310 g/mol. The maximum Gasteiger partial charge on any atom is 0.226 e. The van der Waals surface area contributed by atoms with E-state index in [-0.39, 0.29) is 23.8 Å². The number of amides is 2. The lowest BCUT2D eigenvalue weighted by atomic mass is 10.1. The molecular formula is C17H25N3O2S. The highest BCUT2D eigenvalue weighted by atomic mass is 32.2. The summed E-state index contributed by atoms with van der Waals surface area (Å²) < 4.78 is 0. The van der Waals surface area contributed by atoms with Crippen LogP contribution in [0.25, 0.3) is 0 Å².